The number of anilines is 1. The molecule has 0 fully saturated rings. The van der Waals surface area contributed by atoms with Crippen LogP contribution in [0.1, 0.15) is 30.4 Å². The van der Waals surface area contributed by atoms with Crippen LogP contribution in [0.5, 0.6) is 0 Å². The molecule has 0 radical (unpaired) electrons. The molecule has 1 aromatic carbocycles. The second kappa shape index (κ2) is 6.74. The van der Waals surface area contributed by atoms with E-state index in [-0.39, 0.29) is 0 Å². The average Bonchev–Trinajstić information content (AvgIpc) is 2.90. The van der Waals surface area contributed by atoms with Crippen molar-refractivity contribution in [3.63, 3.8) is 0 Å². The van der Waals surface area contributed by atoms with Gasteiger partial charge in [-0.25, -0.2) is 0 Å². The first-order valence-corrected chi connectivity index (χ1v) is 8.39. The Balaban J connectivity index is 2.23. The van der Waals surface area contributed by atoms with E-state index in [1.165, 1.54) is 4.88 Å². The monoisotopic (exact) mass is 353 g/mol. The van der Waals surface area contributed by atoms with Crippen molar-refractivity contribution in [2.24, 2.45) is 0 Å². The molecule has 0 saturated carbocycles. The summed E-state index contributed by atoms with van der Waals surface area (Å²) >= 11 is 5.31. The first-order chi connectivity index (χ1) is 9.49. The summed E-state index contributed by atoms with van der Waals surface area (Å²) in [5.74, 6) is 0. The topological polar surface area (TPSA) is 23.5 Å². The average molecular weight is 354 g/mol. The molecule has 2 aromatic rings. The third kappa shape index (κ3) is 3.62. The summed E-state index contributed by atoms with van der Waals surface area (Å²) < 4.78 is 1.03. The summed E-state index contributed by atoms with van der Waals surface area (Å²) in [7, 11) is 2.09. The van der Waals surface area contributed by atoms with Crippen LogP contribution < -0.4 is 4.90 Å². The van der Waals surface area contributed by atoms with Crippen molar-refractivity contribution in [3.05, 3.63) is 50.6 Å². The highest BCUT2D eigenvalue weighted by Gasteiger charge is 2.17. The molecule has 1 aromatic heterocycles. The number of nitrogens with zero attached hydrogens (tertiary/aromatic N) is 1. The first kappa shape index (κ1) is 15.5. The minimum Gasteiger partial charge on any atom is -0.389 e. The van der Waals surface area contributed by atoms with E-state index in [9.17, 15) is 5.11 Å². The number of rotatable bonds is 5. The number of likely N-dealkylation sites (N-methyl/N-ethyl adjacent to an activating group) is 1. The second-order valence-electron chi connectivity index (χ2n) is 5.12. The minimum absolute atomic E-state index is 0.375. The van der Waals surface area contributed by atoms with E-state index in [0.717, 1.165) is 22.1 Å². The molecular formula is C16H20BrNOS. The van der Waals surface area contributed by atoms with Crippen LogP contribution in [-0.2, 0) is 6.42 Å². The predicted molar refractivity (Wildman–Crippen MR) is 90.7 cm³/mol. The van der Waals surface area contributed by atoms with E-state index < -0.39 is 6.10 Å². The number of halogens is 1. The Hall–Kier alpha value is -0.840. The van der Waals surface area contributed by atoms with Gasteiger partial charge in [0.25, 0.3) is 0 Å². The maximum atomic E-state index is 9.94. The van der Waals surface area contributed by atoms with Gasteiger partial charge in [0.15, 0.2) is 0 Å². The Morgan fingerprint density at radius 1 is 1.30 bits per heavy atom. The molecule has 1 heterocycles. The summed E-state index contributed by atoms with van der Waals surface area (Å²) in [6, 6.07) is 10.7. The van der Waals surface area contributed by atoms with Crippen LogP contribution in [0.2, 0.25) is 0 Å². The Bertz CT molecular complexity index is 554. The molecule has 4 heteroatoms. The zero-order chi connectivity index (χ0) is 14.7. The lowest BCUT2D eigenvalue weighted by atomic mass is 10.1. The van der Waals surface area contributed by atoms with E-state index in [2.05, 4.69) is 58.4 Å². The number of hydrogen-bond donors (Lipinski definition) is 1. The van der Waals surface area contributed by atoms with Gasteiger partial charge in [0.2, 0.25) is 0 Å². The molecule has 0 aliphatic carbocycles. The van der Waals surface area contributed by atoms with Crippen LogP contribution in [0.3, 0.4) is 0 Å². The van der Waals surface area contributed by atoms with Crippen LogP contribution >= 0.6 is 27.3 Å². The van der Waals surface area contributed by atoms with E-state index in [0.29, 0.717) is 6.04 Å². The van der Waals surface area contributed by atoms with Gasteiger partial charge in [0.05, 0.1) is 6.10 Å². The van der Waals surface area contributed by atoms with Gasteiger partial charge in [-0.2, -0.15) is 0 Å². The van der Waals surface area contributed by atoms with Gasteiger partial charge < -0.3 is 10.0 Å². The minimum atomic E-state index is -0.463. The zero-order valence-electron chi connectivity index (χ0n) is 12.0. The molecule has 0 bridgehead atoms. The summed E-state index contributed by atoms with van der Waals surface area (Å²) in [6.07, 6.45) is 0.550. The summed E-state index contributed by atoms with van der Waals surface area (Å²) in [6.45, 7) is 4.02. The van der Waals surface area contributed by atoms with Crippen molar-refractivity contribution >= 4 is 33.0 Å². The molecule has 2 atom stereocenters. The normalized spacial score (nSPS) is 14.1. The number of aliphatic hydroxyl groups is 1. The van der Waals surface area contributed by atoms with Crippen molar-refractivity contribution in [1.29, 1.82) is 0 Å². The van der Waals surface area contributed by atoms with Crippen LogP contribution in [-0.4, -0.2) is 18.2 Å². The van der Waals surface area contributed by atoms with E-state index >= 15 is 0 Å². The molecule has 2 nitrogen and oxygen atoms in total. The SMILES string of the molecule is CC(O)c1ccc(Br)cc1N(C)C(C)Cc1cccs1. The maximum Gasteiger partial charge on any atom is 0.0782 e. The van der Waals surface area contributed by atoms with Gasteiger partial charge in [-0.05, 0) is 37.4 Å². The predicted octanol–water partition coefficient (Wildman–Crippen LogP) is 4.63. The smallest absolute Gasteiger partial charge is 0.0782 e. The summed E-state index contributed by atoms with van der Waals surface area (Å²) in [5.41, 5.74) is 2.05. The summed E-state index contributed by atoms with van der Waals surface area (Å²) in [4.78, 5) is 3.63. The van der Waals surface area contributed by atoms with Crippen LogP contribution in [0, 0.1) is 0 Å². The van der Waals surface area contributed by atoms with Gasteiger partial charge in [0.1, 0.15) is 0 Å². The Morgan fingerprint density at radius 3 is 2.65 bits per heavy atom. The van der Waals surface area contributed by atoms with Crippen molar-refractivity contribution in [2.45, 2.75) is 32.4 Å². The Morgan fingerprint density at radius 2 is 2.05 bits per heavy atom. The van der Waals surface area contributed by atoms with Gasteiger partial charge in [-0.3, -0.25) is 0 Å². The first-order valence-electron chi connectivity index (χ1n) is 6.71. The highest BCUT2D eigenvalue weighted by Crippen LogP contribution is 2.30. The number of aliphatic hydroxyl groups excluding tert-OH is 1. The number of hydrogen-bond acceptors (Lipinski definition) is 3. The van der Waals surface area contributed by atoms with Crippen molar-refractivity contribution in [2.75, 3.05) is 11.9 Å². The highest BCUT2D eigenvalue weighted by molar-refractivity contribution is 9.10. The Kier molecular flexibility index (Phi) is 5.24. The largest absolute Gasteiger partial charge is 0.389 e. The second-order valence-corrected chi connectivity index (χ2v) is 7.07. The summed E-state index contributed by atoms with van der Waals surface area (Å²) in [5, 5.41) is 12.1. The quantitative estimate of drug-likeness (QED) is 0.846. The molecule has 0 aliphatic heterocycles. The van der Waals surface area contributed by atoms with Crippen molar-refractivity contribution in [1.82, 2.24) is 0 Å². The maximum absolute atomic E-state index is 9.94. The third-order valence-electron chi connectivity index (χ3n) is 3.56. The van der Waals surface area contributed by atoms with Crippen LogP contribution in [0.15, 0.2) is 40.2 Å². The molecule has 0 saturated heterocycles. The third-order valence-corrected chi connectivity index (χ3v) is 4.95. The molecule has 20 heavy (non-hydrogen) atoms. The number of benzene rings is 1. The molecule has 108 valence electrons. The van der Waals surface area contributed by atoms with E-state index in [4.69, 9.17) is 0 Å². The van der Waals surface area contributed by atoms with Gasteiger partial charge in [-0.15, -0.1) is 11.3 Å². The highest BCUT2D eigenvalue weighted by atomic mass is 79.9. The van der Waals surface area contributed by atoms with E-state index in [1.54, 1.807) is 11.3 Å². The molecule has 1 N–H and O–H groups in total. The fourth-order valence-corrected chi connectivity index (χ4v) is 3.45. The van der Waals surface area contributed by atoms with Gasteiger partial charge in [0, 0.05) is 40.1 Å². The van der Waals surface area contributed by atoms with Crippen LogP contribution in [0.25, 0.3) is 0 Å². The van der Waals surface area contributed by atoms with E-state index in [1.807, 2.05) is 19.1 Å². The van der Waals surface area contributed by atoms with Gasteiger partial charge in [-0.1, -0.05) is 28.1 Å². The Labute approximate surface area is 133 Å². The zero-order valence-corrected chi connectivity index (χ0v) is 14.4. The lowest BCUT2D eigenvalue weighted by Gasteiger charge is -2.30. The van der Waals surface area contributed by atoms with Crippen molar-refractivity contribution < 1.29 is 5.11 Å². The van der Waals surface area contributed by atoms with Crippen LogP contribution in [0.4, 0.5) is 5.69 Å². The van der Waals surface area contributed by atoms with Gasteiger partial charge >= 0.3 is 0 Å². The molecule has 2 rings (SSSR count). The molecule has 0 aliphatic rings. The lowest BCUT2D eigenvalue weighted by molar-refractivity contribution is 0.199. The van der Waals surface area contributed by atoms with Crippen molar-refractivity contribution in [3.8, 4) is 0 Å². The molecule has 0 amide bonds. The molecular weight excluding hydrogens is 334 g/mol. The fourth-order valence-electron chi connectivity index (χ4n) is 2.27. The lowest BCUT2D eigenvalue weighted by Crippen LogP contribution is -2.31. The molecule has 0 spiro atoms. The fraction of sp³-hybridized carbons (Fsp3) is 0.375. The number of thiophene rings is 1. The standard InChI is InChI=1S/C16H20BrNOS/c1-11(9-14-5-4-8-20-14)18(3)16-10-13(17)6-7-15(16)12(2)19/h4-8,10-12,19H,9H2,1-3H3. The molecule has 2 unspecified atom stereocenters.